The second kappa shape index (κ2) is 13.3. The second-order valence-corrected chi connectivity index (χ2v) is 8.78. The largest absolute Gasteiger partial charge is 0.481 e. The van der Waals surface area contributed by atoms with Gasteiger partial charge in [-0.2, -0.15) is 0 Å². The van der Waals surface area contributed by atoms with E-state index in [4.69, 9.17) is 15.8 Å². The fourth-order valence-electron chi connectivity index (χ4n) is 4.07. The third-order valence-electron chi connectivity index (χ3n) is 6.00. The number of unbranched alkanes of at least 4 members (excludes halogenated alkanes) is 1. The third-order valence-corrected chi connectivity index (χ3v) is 6.00. The lowest BCUT2D eigenvalue weighted by molar-refractivity contribution is -0.137. The molecule has 4 rings (SSSR count). The third kappa shape index (κ3) is 7.88. The first kappa shape index (κ1) is 26.8. The molecule has 1 aromatic heterocycles. The first-order chi connectivity index (χ1) is 17.3. The molecule has 192 valence electrons. The average Bonchev–Trinajstić information content (AvgIpc) is 3.21. The van der Waals surface area contributed by atoms with Crippen LogP contribution < -0.4 is 21.7 Å². The van der Waals surface area contributed by atoms with E-state index in [1.54, 1.807) is 24.3 Å². The summed E-state index contributed by atoms with van der Waals surface area (Å²) in [5.41, 5.74) is 9.86. The van der Waals surface area contributed by atoms with Crippen molar-refractivity contribution in [2.24, 2.45) is 5.73 Å². The monoisotopic (exact) mass is 495 g/mol. The number of fused-ring (bicyclic) bond motifs is 2. The molecule has 0 fully saturated rings. The second-order valence-electron chi connectivity index (χ2n) is 8.78. The number of nitrogens with one attached hydrogen (secondary N) is 3. The Morgan fingerprint density at radius 3 is 2.64 bits per heavy atom. The minimum absolute atomic E-state index is 0.000127. The number of anilines is 1. The van der Waals surface area contributed by atoms with Crippen molar-refractivity contribution in [3.63, 3.8) is 0 Å². The Kier molecular flexibility index (Phi) is 9.93. The van der Waals surface area contributed by atoms with Crippen LogP contribution in [0.3, 0.4) is 0 Å². The number of carbonyl (C=O) groups excluding carboxylic acids is 3. The number of benzene rings is 1. The van der Waals surface area contributed by atoms with E-state index in [-0.39, 0.29) is 18.1 Å². The van der Waals surface area contributed by atoms with E-state index < -0.39 is 17.9 Å². The van der Waals surface area contributed by atoms with Crippen LogP contribution in [0.15, 0.2) is 36.4 Å². The number of ketones is 1. The van der Waals surface area contributed by atoms with Gasteiger partial charge in [-0.3, -0.25) is 24.2 Å². The van der Waals surface area contributed by atoms with E-state index in [9.17, 15) is 19.2 Å². The Labute approximate surface area is 210 Å². The molecule has 1 unspecified atom stereocenters. The minimum atomic E-state index is -0.891. The number of aromatic nitrogens is 1. The molecule has 1 aromatic carbocycles. The van der Waals surface area contributed by atoms with Gasteiger partial charge in [0.15, 0.2) is 11.8 Å². The molecule has 0 saturated heterocycles. The summed E-state index contributed by atoms with van der Waals surface area (Å²) < 4.78 is 0. The number of carbonyl (C=O) groups is 4. The quantitative estimate of drug-likeness (QED) is 0.245. The van der Waals surface area contributed by atoms with Crippen molar-refractivity contribution in [1.82, 2.24) is 15.6 Å². The van der Waals surface area contributed by atoms with Crippen LogP contribution in [0.4, 0.5) is 5.69 Å². The number of carboxylic acid groups (broad SMARTS) is 1. The molecule has 36 heavy (non-hydrogen) atoms. The van der Waals surface area contributed by atoms with Crippen molar-refractivity contribution < 1.29 is 24.3 Å². The molecular formula is C26H33N5O5. The van der Waals surface area contributed by atoms with Gasteiger partial charge in [0.05, 0.1) is 0 Å². The van der Waals surface area contributed by atoms with Crippen molar-refractivity contribution in [3.8, 4) is 0 Å². The van der Waals surface area contributed by atoms with Gasteiger partial charge < -0.3 is 26.8 Å². The number of Topliss-reactive ketones (excluding diaryl/α,β-unsaturated/α-hetero) is 1. The molecule has 0 radical (unpaired) electrons. The summed E-state index contributed by atoms with van der Waals surface area (Å²) >= 11 is 0. The predicted molar refractivity (Wildman–Crippen MR) is 134 cm³/mol. The van der Waals surface area contributed by atoms with Gasteiger partial charge >= 0.3 is 5.97 Å². The zero-order valence-corrected chi connectivity index (χ0v) is 20.2. The number of rotatable bonds is 10. The molecule has 0 saturated carbocycles. The number of nitrogens with zero attached hydrogens (tertiary/aromatic N) is 1. The number of carboxylic acids is 1. The highest BCUT2D eigenvalue weighted by molar-refractivity contribution is 6.21. The lowest BCUT2D eigenvalue weighted by Gasteiger charge is -2.16. The van der Waals surface area contributed by atoms with Crippen molar-refractivity contribution in [2.75, 3.05) is 18.4 Å². The predicted octanol–water partition coefficient (Wildman–Crippen LogP) is 1.57. The number of para-hydroxylation sites is 1. The lowest BCUT2D eigenvalue weighted by Crippen LogP contribution is -2.37. The number of pyridine rings is 1. The molecular weight excluding hydrogens is 462 g/mol. The summed E-state index contributed by atoms with van der Waals surface area (Å²) in [6.07, 6.45) is 4.71. The molecule has 2 aliphatic heterocycles. The Balaban J connectivity index is 0.000000233. The molecule has 1 atom stereocenters. The van der Waals surface area contributed by atoms with Crippen LogP contribution in [0.2, 0.25) is 0 Å². The first-order valence-electron chi connectivity index (χ1n) is 12.2. The van der Waals surface area contributed by atoms with Crippen LogP contribution in [-0.2, 0) is 33.8 Å². The first-order valence-corrected chi connectivity index (χ1v) is 12.2. The standard InChI is InChI=1S/C17H25N3O3.C9H8N2O2/c21-16(19-10-3-6-17(22)23)5-2-1-4-14-8-7-13-12-18-11-9-15(13)20-14;10-9(13)7-8(12)5-3-1-2-4-6(5)11-7/h7-8,18H,1-6,9-12H2,(H,19,21)(H,22,23);1-4,7,11H,(H2,10,13). The van der Waals surface area contributed by atoms with E-state index in [1.165, 1.54) is 11.3 Å². The maximum absolute atomic E-state index is 11.6. The summed E-state index contributed by atoms with van der Waals surface area (Å²) in [7, 11) is 0. The van der Waals surface area contributed by atoms with E-state index in [1.807, 2.05) is 0 Å². The van der Waals surface area contributed by atoms with Crippen LogP contribution in [0, 0.1) is 0 Å². The van der Waals surface area contributed by atoms with E-state index in [2.05, 4.69) is 28.1 Å². The number of hydrogen-bond donors (Lipinski definition) is 5. The highest BCUT2D eigenvalue weighted by Gasteiger charge is 2.33. The number of nitrogens with two attached hydrogens (primary N) is 1. The van der Waals surface area contributed by atoms with Gasteiger partial charge in [-0.15, -0.1) is 0 Å². The summed E-state index contributed by atoms with van der Waals surface area (Å²) in [5, 5.41) is 17.4. The number of amides is 2. The van der Waals surface area contributed by atoms with E-state index in [0.717, 1.165) is 44.5 Å². The van der Waals surface area contributed by atoms with Gasteiger partial charge in [-0.05, 0) is 49.4 Å². The van der Waals surface area contributed by atoms with Crippen molar-refractivity contribution in [1.29, 1.82) is 0 Å². The smallest absolute Gasteiger partial charge is 0.303 e. The molecule has 3 heterocycles. The summed E-state index contributed by atoms with van der Waals surface area (Å²) in [6, 6.07) is 10.3. The van der Waals surface area contributed by atoms with Gasteiger partial charge in [-0.1, -0.05) is 18.2 Å². The van der Waals surface area contributed by atoms with Crippen LogP contribution in [-0.4, -0.2) is 52.8 Å². The van der Waals surface area contributed by atoms with E-state index in [0.29, 0.717) is 30.6 Å². The van der Waals surface area contributed by atoms with Gasteiger partial charge in [-0.25, -0.2) is 0 Å². The lowest BCUT2D eigenvalue weighted by atomic mass is 10.0. The molecule has 0 aliphatic carbocycles. The van der Waals surface area contributed by atoms with Crippen molar-refractivity contribution in [2.45, 2.75) is 57.5 Å². The zero-order valence-electron chi connectivity index (χ0n) is 20.2. The Morgan fingerprint density at radius 1 is 1.08 bits per heavy atom. The Hall–Kier alpha value is -3.79. The highest BCUT2D eigenvalue weighted by atomic mass is 16.4. The topological polar surface area (TPSA) is 164 Å². The SMILES string of the molecule is NC(=O)C1Nc2ccccc2C1=O.O=C(O)CCCNC(=O)CCCCc1ccc2c(n1)CCNC2. The molecule has 2 aromatic rings. The molecule has 2 amide bonds. The molecule has 10 heteroatoms. The van der Waals surface area contributed by atoms with Gasteiger partial charge in [0.25, 0.3) is 0 Å². The summed E-state index contributed by atoms with van der Waals surface area (Å²) in [5.74, 6) is -1.71. The van der Waals surface area contributed by atoms with Crippen LogP contribution in [0.25, 0.3) is 0 Å². The normalized spacial score (nSPS) is 15.6. The Bertz CT molecular complexity index is 1100. The van der Waals surface area contributed by atoms with Gasteiger partial charge in [0.2, 0.25) is 11.8 Å². The molecule has 6 N–H and O–H groups in total. The fraction of sp³-hybridized carbons (Fsp3) is 0.423. The van der Waals surface area contributed by atoms with Gasteiger partial charge in [0, 0.05) is 61.5 Å². The number of aliphatic carboxylic acids is 1. The fourth-order valence-corrected chi connectivity index (χ4v) is 4.07. The summed E-state index contributed by atoms with van der Waals surface area (Å²) in [6.45, 7) is 2.34. The maximum atomic E-state index is 11.6. The average molecular weight is 496 g/mol. The van der Waals surface area contributed by atoms with E-state index >= 15 is 0 Å². The molecule has 2 aliphatic rings. The van der Waals surface area contributed by atoms with Crippen molar-refractivity contribution >= 4 is 29.3 Å². The highest BCUT2D eigenvalue weighted by Crippen LogP contribution is 2.24. The maximum Gasteiger partial charge on any atom is 0.303 e. The Morgan fingerprint density at radius 2 is 1.89 bits per heavy atom. The van der Waals surface area contributed by atoms with Gasteiger partial charge in [0.1, 0.15) is 0 Å². The number of aryl methyl sites for hydroxylation is 1. The molecule has 10 nitrogen and oxygen atoms in total. The van der Waals surface area contributed by atoms with Crippen LogP contribution >= 0.6 is 0 Å². The number of hydrogen-bond acceptors (Lipinski definition) is 7. The molecule has 0 bridgehead atoms. The zero-order chi connectivity index (χ0) is 25.9. The summed E-state index contributed by atoms with van der Waals surface area (Å²) in [4.78, 5) is 49.0. The number of primary amides is 1. The van der Waals surface area contributed by atoms with Crippen LogP contribution in [0.1, 0.15) is 59.4 Å². The van der Waals surface area contributed by atoms with Crippen LogP contribution in [0.5, 0.6) is 0 Å². The van der Waals surface area contributed by atoms with Crippen molar-refractivity contribution in [3.05, 3.63) is 58.9 Å². The minimum Gasteiger partial charge on any atom is -0.481 e. The molecule has 0 spiro atoms.